The van der Waals surface area contributed by atoms with Gasteiger partial charge >= 0.3 is 34.1 Å². The van der Waals surface area contributed by atoms with Gasteiger partial charge in [0.15, 0.2) is 0 Å². The third-order valence-electron chi connectivity index (χ3n) is 0. The fourth-order valence-corrected chi connectivity index (χ4v) is 0. The normalized spacial score (nSPS) is 9.08. The topological polar surface area (TPSA) is 209 Å². The summed E-state index contributed by atoms with van der Waals surface area (Å²) in [5, 5.41) is 0. The molecule has 13 heavy (non-hydrogen) atoms. The summed E-state index contributed by atoms with van der Waals surface area (Å²) in [6, 6.07) is 0. The van der Waals surface area contributed by atoms with E-state index in [1.165, 1.54) is 0 Å². The molecule has 0 aliphatic carbocycles. The maximum Gasteiger partial charge on any atom is 3.00 e. The number of phosphoric acid groups is 2. The Morgan fingerprint density at radius 3 is 0.692 bits per heavy atom. The van der Waals surface area contributed by atoms with Gasteiger partial charge in [0.1, 0.15) is 0 Å². The number of rotatable bonds is 0. The summed E-state index contributed by atoms with van der Waals surface area (Å²) in [5.74, 6) is 0. The first-order valence-corrected chi connectivity index (χ1v) is 4.38. The summed E-state index contributed by atoms with van der Waals surface area (Å²) in [6.07, 6.45) is 0. The van der Waals surface area contributed by atoms with Crippen LogP contribution in [-0.2, 0) is 43.3 Å². The molecule has 0 aliphatic rings. The minimum Gasteiger partial charge on any atom is -0.822 e. The molecule has 0 amide bonds. The van der Waals surface area contributed by atoms with Gasteiger partial charge in [-0.2, -0.15) is 15.6 Å². The van der Waals surface area contributed by atoms with E-state index in [1.54, 1.807) is 0 Å². The van der Waals surface area contributed by atoms with Crippen molar-refractivity contribution in [1.82, 2.24) is 6.15 Å². The molecule has 0 saturated carbocycles. The van der Waals surface area contributed by atoms with Crippen molar-refractivity contribution in [2.75, 3.05) is 0 Å². The predicted molar refractivity (Wildman–Crippen MR) is 21.2 cm³/mol. The van der Waals surface area contributed by atoms with Crippen LogP contribution in [0.1, 0.15) is 0 Å². The molecule has 0 unspecified atom stereocenters. The van der Waals surface area contributed by atoms with Crippen LogP contribution in [0.5, 0.6) is 0 Å². The Hall–Kier alpha value is 1.22. The fraction of sp³-hybridized carbons (Fsp3) is 0. The second-order valence-electron chi connectivity index (χ2n) is 0.894. The standard InChI is InChI=1S/Fe.Mn.H3N.2H3O4P/c;;;2*1-5(2,3)4/h;;1H3;2*(H3,1,2,3,4)/q+3;+2;;;/p-5. The van der Waals surface area contributed by atoms with Gasteiger partial charge in [-0.25, -0.2) is 0 Å². The molecule has 0 spiro atoms. The first kappa shape index (κ1) is 29.2. The smallest absolute Gasteiger partial charge is 0.822 e. The van der Waals surface area contributed by atoms with Crippen molar-refractivity contribution in [3.8, 4) is 0 Å². The Morgan fingerprint density at radius 1 is 0.692 bits per heavy atom. The van der Waals surface area contributed by atoms with E-state index < -0.39 is 15.6 Å². The van der Waals surface area contributed by atoms with Crippen LogP contribution >= 0.6 is 15.6 Å². The Bertz CT molecular complexity index is 134. The van der Waals surface area contributed by atoms with E-state index in [4.69, 9.17) is 38.5 Å². The van der Waals surface area contributed by atoms with E-state index >= 15 is 0 Å². The van der Waals surface area contributed by atoms with Crippen molar-refractivity contribution >= 4 is 15.6 Å². The molecule has 4 N–H and O–H groups in total. The Labute approximate surface area is 94.6 Å². The summed E-state index contributed by atoms with van der Waals surface area (Å²) in [5.41, 5.74) is 0. The molecule has 0 bridgehead atoms. The van der Waals surface area contributed by atoms with Crippen molar-refractivity contribution in [3.63, 3.8) is 0 Å². The summed E-state index contributed by atoms with van der Waals surface area (Å²) in [6.45, 7) is 0. The third kappa shape index (κ3) is 1120. The van der Waals surface area contributed by atoms with E-state index in [-0.39, 0.29) is 40.3 Å². The molecule has 0 heterocycles. The molecule has 2 radical (unpaired) electrons. The molecule has 0 fully saturated rings. The van der Waals surface area contributed by atoms with E-state index in [0.717, 1.165) is 0 Å². The molecule has 9 nitrogen and oxygen atoms in total. The largest absolute Gasteiger partial charge is 3.00 e. The van der Waals surface area contributed by atoms with Crippen molar-refractivity contribution < 1.29 is 72.6 Å². The SMILES string of the molecule is O=P([O-])([O-])[O-].O=P([O-])([O-])[O-].[Fe+3].[Mn+2].[NH4+]. The summed E-state index contributed by atoms with van der Waals surface area (Å²) in [7, 11) is -10.8. The molecule has 0 aromatic carbocycles. The molecule has 0 aromatic rings. The van der Waals surface area contributed by atoms with Gasteiger partial charge in [-0.15, -0.1) is 0 Å². The zero-order valence-corrected chi connectivity index (χ0v) is 9.97. The van der Waals surface area contributed by atoms with Gasteiger partial charge < -0.3 is 44.6 Å². The van der Waals surface area contributed by atoms with E-state index in [2.05, 4.69) is 0 Å². The van der Waals surface area contributed by atoms with E-state index in [1.807, 2.05) is 0 Å². The van der Waals surface area contributed by atoms with Crippen LogP contribution in [0, 0.1) is 0 Å². The van der Waals surface area contributed by atoms with Gasteiger partial charge in [0.25, 0.3) is 0 Å². The predicted octanol–water partition coefficient (Wildman–Crippen LogP) is -5.28. The number of hydrogen-bond acceptors (Lipinski definition) is 8. The van der Waals surface area contributed by atoms with Crippen molar-refractivity contribution in [2.45, 2.75) is 0 Å². The minimum atomic E-state index is -5.39. The Kier molecular flexibility index (Phi) is 25.4. The monoisotopic (exact) mass is 319 g/mol. The van der Waals surface area contributed by atoms with E-state index in [9.17, 15) is 0 Å². The average molecular weight is 319 g/mol. The second kappa shape index (κ2) is 11.3. The molecule has 0 rings (SSSR count). The first-order valence-electron chi connectivity index (χ1n) is 1.46. The van der Waals surface area contributed by atoms with Gasteiger partial charge in [0.2, 0.25) is 0 Å². The van der Waals surface area contributed by atoms with Crippen LogP contribution in [0.2, 0.25) is 0 Å². The molecule has 0 atom stereocenters. The van der Waals surface area contributed by atoms with Crippen LogP contribution in [0.25, 0.3) is 0 Å². The van der Waals surface area contributed by atoms with Crippen LogP contribution < -0.4 is 35.5 Å². The quantitative estimate of drug-likeness (QED) is 0.335. The van der Waals surface area contributed by atoms with Crippen LogP contribution in [0.15, 0.2) is 0 Å². The van der Waals surface area contributed by atoms with Crippen molar-refractivity contribution in [2.24, 2.45) is 0 Å². The fourth-order valence-electron chi connectivity index (χ4n) is 0. The average Bonchev–Trinajstić information content (AvgIpc) is 1.12. The Balaban J connectivity index is -0.0000000267. The van der Waals surface area contributed by atoms with Crippen LogP contribution in [-0.4, -0.2) is 0 Å². The van der Waals surface area contributed by atoms with Gasteiger partial charge in [0, 0.05) is 0 Å². The molecule has 0 aromatic heterocycles. The maximum absolute atomic E-state index is 8.55. The van der Waals surface area contributed by atoms with Crippen molar-refractivity contribution in [1.29, 1.82) is 0 Å². The summed E-state index contributed by atoms with van der Waals surface area (Å²) in [4.78, 5) is 51.3. The minimum absolute atomic E-state index is 0. The maximum atomic E-state index is 8.55. The van der Waals surface area contributed by atoms with Gasteiger partial charge in [-0.3, -0.25) is 0 Å². The van der Waals surface area contributed by atoms with Gasteiger partial charge in [0.05, 0.1) is 0 Å². The zero-order chi connectivity index (χ0) is 9.00. The molecule has 0 saturated heterocycles. The number of quaternary nitrogens is 1. The van der Waals surface area contributed by atoms with Crippen molar-refractivity contribution in [3.05, 3.63) is 0 Å². The molecular formula is H4FeMnNO8P2. The van der Waals surface area contributed by atoms with E-state index in [0.29, 0.717) is 0 Å². The van der Waals surface area contributed by atoms with Crippen LogP contribution in [0.3, 0.4) is 0 Å². The molecular weight excluding hydrogens is 315 g/mol. The number of hydrogen-bond donors (Lipinski definition) is 1. The molecule has 0 aliphatic heterocycles. The third-order valence-corrected chi connectivity index (χ3v) is 0. The molecule has 82 valence electrons. The summed E-state index contributed by atoms with van der Waals surface area (Å²) < 4.78 is 17.1. The zero-order valence-electron chi connectivity index (χ0n) is 5.89. The summed E-state index contributed by atoms with van der Waals surface area (Å²) >= 11 is 0. The second-order valence-corrected chi connectivity index (χ2v) is 2.68. The first-order chi connectivity index (χ1) is 4.00. The Morgan fingerprint density at radius 2 is 0.692 bits per heavy atom. The van der Waals surface area contributed by atoms with Gasteiger partial charge in [-0.05, 0) is 0 Å². The van der Waals surface area contributed by atoms with Crippen LogP contribution in [0.4, 0.5) is 0 Å². The van der Waals surface area contributed by atoms with Gasteiger partial charge in [-0.1, -0.05) is 0 Å². The molecule has 13 heteroatoms.